The van der Waals surface area contributed by atoms with Gasteiger partial charge in [0.25, 0.3) is 0 Å². The van der Waals surface area contributed by atoms with Gasteiger partial charge in [-0.05, 0) is 40.0 Å². The van der Waals surface area contributed by atoms with Gasteiger partial charge in [0.1, 0.15) is 6.04 Å². The van der Waals surface area contributed by atoms with Crippen molar-refractivity contribution in [2.45, 2.75) is 90.4 Å². The average molecular weight is 343 g/mol. The summed E-state index contributed by atoms with van der Waals surface area (Å²) in [4.78, 5) is 35.4. The molecule has 140 valence electrons. The fraction of sp³-hybridized carbons (Fsp3) is 0.824. The van der Waals surface area contributed by atoms with Gasteiger partial charge in [0.2, 0.25) is 5.91 Å². The Labute approximate surface area is 144 Å². The fourth-order valence-electron chi connectivity index (χ4n) is 2.48. The van der Waals surface area contributed by atoms with Crippen LogP contribution in [0, 0.1) is 0 Å². The fourth-order valence-corrected chi connectivity index (χ4v) is 2.48. The second-order valence-corrected chi connectivity index (χ2v) is 6.66. The van der Waals surface area contributed by atoms with Crippen LogP contribution in [-0.4, -0.2) is 46.4 Å². The van der Waals surface area contributed by atoms with E-state index in [1.54, 1.807) is 13.8 Å². The van der Waals surface area contributed by atoms with E-state index in [0.717, 1.165) is 12.8 Å². The number of nitrogens with two attached hydrogens (primary N) is 1. The van der Waals surface area contributed by atoms with E-state index in [0.29, 0.717) is 6.42 Å². The van der Waals surface area contributed by atoms with Crippen LogP contribution in [0.25, 0.3) is 0 Å². The molecule has 0 saturated heterocycles. The number of Topliss-reactive ketones (excluding diaryl/α,β-unsaturated/α-hetero) is 1. The van der Waals surface area contributed by atoms with Crippen LogP contribution in [0.2, 0.25) is 0 Å². The highest BCUT2D eigenvalue weighted by Crippen LogP contribution is 2.16. The maximum absolute atomic E-state index is 12.5. The van der Waals surface area contributed by atoms with Crippen molar-refractivity contribution >= 4 is 17.7 Å². The molecule has 0 aromatic heterocycles. The molecule has 1 amide bonds. The predicted octanol–water partition coefficient (Wildman–Crippen LogP) is 1.20. The monoisotopic (exact) mass is 343 g/mol. The molecule has 24 heavy (non-hydrogen) atoms. The largest absolute Gasteiger partial charge is 0.480 e. The Morgan fingerprint density at radius 2 is 1.75 bits per heavy atom. The molecule has 0 saturated carbocycles. The van der Waals surface area contributed by atoms with Gasteiger partial charge >= 0.3 is 5.97 Å². The lowest BCUT2D eigenvalue weighted by molar-refractivity contribution is -0.138. The molecule has 0 aliphatic heterocycles. The number of aliphatic carboxylic acids is 1. The highest BCUT2D eigenvalue weighted by Gasteiger charge is 2.34. The van der Waals surface area contributed by atoms with E-state index < -0.39 is 23.6 Å². The van der Waals surface area contributed by atoms with Crippen molar-refractivity contribution in [3.05, 3.63) is 0 Å². The van der Waals surface area contributed by atoms with Crippen LogP contribution in [0.1, 0.15) is 66.7 Å². The minimum atomic E-state index is -1.12. The summed E-state index contributed by atoms with van der Waals surface area (Å²) in [5.74, 6) is -1.40. The normalized spacial score (nSPS) is 17.4. The van der Waals surface area contributed by atoms with E-state index in [1.807, 2.05) is 13.8 Å². The first-order chi connectivity index (χ1) is 11.1. The third-order valence-corrected chi connectivity index (χ3v) is 4.36. The molecule has 5 N–H and O–H groups in total. The van der Waals surface area contributed by atoms with Crippen LogP contribution in [0.15, 0.2) is 0 Å². The summed E-state index contributed by atoms with van der Waals surface area (Å²) in [5.41, 5.74) is 4.56. The molecule has 0 bridgehead atoms. The summed E-state index contributed by atoms with van der Waals surface area (Å²) in [6, 6.07) is -1.49. The minimum Gasteiger partial charge on any atom is -0.480 e. The first kappa shape index (κ1) is 22.5. The third-order valence-electron chi connectivity index (χ3n) is 4.36. The molecule has 0 rings (SSSR count). The van der Waals surface area contributed by atoms with Crippen molar-refractivity contribution in [1.82, 2.24) is 10.6 Å². The number of carboxylic acids is 1. The van der Waals surface area contributed by atoms with Gasteiger partial charge in [-0.15, -0.1) is 0 Å². The standard InChI is InChI=1S/C17H33N3O4/c1-6-8-11(3)19-15(22)12(4)20-17(5,7-2)14(21)10-9-13(18)16(23)24/h11-13,20H,6-10,18H2,1-5H3,(H,19,22)(H,23,24). The molecule has 0 aromatic rings. The Hall–Kier alpha value is -1.47. The Kier molecular flexibility index (Phi) is 9.77. The quantitative estimate of drug-likeness (QED) is 0.422. The number of hydrogen-bond donors (Lipinski definition) is 4. The molecule has 7 nitrogen and oxygen atoms in total. The lowest BCUT2D eigenvalue weighted by atomic mass is 9.88. The average Bonchev–Trinajstić information content (AvgIpc) is 2.51. The topological polar surface area (TPSA) is 122 Å². The van der Waals surface area contributed by atoms with E-state index in [2.05, 4.69) is 17.6 Å². The van der Waals surface area contributed by atoms with Gasteiger partial charge in [0.05, 0.1) is 11.6 Å². The summed E-state index contributed by atoms with van der Waals surface area (Å²) in [6.45, 7) is 9.32. The number of nitrogens with one attached hydrogen (secondary N) is 2. The smallest absolute Gasteiger partial charge is 0.320 e. The molecule has 0 aliphatic rings. The van der Waals surface area contributed by atoms with Crippen molar-refractivity contribution in [3.63, 3.8) is 0 Å². The molecule has 0 fully saturated rings. The zero-order valence-electron chi connectivity index (χ0n) is 15.5. The van der Waals surface area contributed by atoms with Crippen LogP contribution in [-0.2, 0) is 14.4 Å². The van der Waals surface area contributed by atoms with Crippen LogP contribution >= 0.6 is 0 Å². The molecule has 0 aromatic carbocycles. The lowest BCUT2D eigenvalue weighted by Gasteiger charge is -2.32. The maximum atomic E-state index is 12.5. The van der Waals surface area contributed by atoms with Crippen molar-refractivity contribution in [3.8, 4) is 0 Å². The van der Waals surface area contributed by atoms with E-state index >= 15 is 0 Å². The van der Waals surface area contributed by atoms with E-state index in [9.17, 15) is 14.4 Å². The van der Waals surface area contributed by atoms with Crippen molar-refractivity contribution in [2.75, 3.05) is 0 Å². The molecule has 4 atom stereocenters. The van der Waals surface area contributed by atoms with Crippen LogP contribution in [0.5, 0.6) is 0 Å². The first-order valence-electron chi connectivity index (χ1n) is 8.67. The Morgan fingerprint density at radius 3 is 2.21 bits per heavy atom. The number of rotatable bonds is 12. The highest BCUT2D eigenvalue weighted by atomic mass is 16.4. The predicted molar refractivity (Wildman–Crippen MR) is 93.7 cm³/mol. The Bertz CT molecular complexity index is 442. The number of carboxylic acid groups (broad SMARTS) is 1. The molecular weight excluding hydrogens is 310 g/mol. The van der Waals surface area contributed by atoms with Gasteiger partial charge in [-0.1, -0.05) is 20.3 Å². The van der Waals surface area contributed by atoms with Crippen LogP contribution < -0.4 is 16.4 Å². The molecule has 4 unspecified atom stereocenters. The number of ketones is 1. The number of hydrogen-bond acceptors (Lipinski definition) is 5. The van der Waals surface area contributed by atoms with Gasteiger partial charge in [-0.25, -0.2) is 0 Å². The zero-order chi connectivity index (χ0) is 18.9. The van der Waals surface area contributed by atoms with E-state index in [1.165, 1.54) is 0 Å². The van der Waals surface area contributed by atoms with Gasteiger partial charge in [-0.2, -0.15) is 0 Å². The molecule has 0 heterocycles. The van der Waals surface area contributed by atoms with Gasteiger partial charge < -0.3 is 16.2 Å². The van der Waals surface area contributed by atoms with Gasteiger partial charge in [0.15, 0.2) is 5.78 Å². The van der Waals surface area contributed by atoms with E-state index in [-0.39, 0.29) is 30.6 Å². The number of amides is 1. The molecule has 0 spiro atoms. The molecule has 7 heteroatoms. The maximum Gasteiger partial charge on any atom is 0.320 e. The number of carbonyl (C=O) groups excluding carboxylic acids is 2. The molecule has 0 aliphatic carbocycles. The second kappa shape index (κ2) is 10.4. The Balaban J connectivity index is 4.70. The lowest BCUT2D eigenvalue weighted by Crippen LogP contribution is -2.57. The zero-order valence-corrected chi connectivity index (χ0v) is 15.5. The van der Waals surface area contributed by atoms with Gasteiger partial charge in [0, 0.05) is 12.5 Å². The Morgan fingerprint density at radius 1 is 1.17 bits per heavy atom. The van der Waals surface area contributed by atoms with E-state index in [4.69, 9.17) is 10.8 Å². The molecular formula is C17H33N3O4. The number of carbonyl (C=O) groups is 3. The summed E-state index contributed by atoms with van der Waals surface area (Å²) in [7, 11) is 0. The van der Waals surface area contributed by atoms with Gasteiger partial charge in [-0.3, -0.25) is 19.7 Å². The summed E-state index contributed by atoms with van der Waals surface area (Å²) >= 11 is 0. The van der Waals surface area contributed by atoms with Crippen molar-refractivity contribution in [1.29, 1.82) is 0 Å². The minimum absolute atomic E-state index is 0.0609. The highest BCUT2D eigenvalue weighted by molar-refractivity contribution is 5.90. The van der Waals surface area contributed by atoms with Crippen molar-refractivity contribution < 1.29 is 19.5 Å². The van der Waals surface area contributed by atoms with Crippen LogP contribution in [0.4, 0.5) is 0 Å². The van der Waals surface area contributed by atoms with Crippen LogP contribution in [0.3, 0.4) is 0 Å². The second-order valence-electron chi connectivity index (χ2n) is 6.66. The third kappa shape index (κ3) is 7.40. The first-order valence-corrected chi connectivity index (χ1v) is 8.67. The summed E-state index contributed by atoms with van der Waals surface area (Å²) in [6.07, 6.45) is 2.52. The SMILES string of the molecule is CCCC(C)NC(=O)C(C)NC(C)(CC)C(=O)CCC(N)C(=O)O. The summed E-state index contributed by atoms with van der Waals surface area (Å²) < 4.78 is 0. The summed E-state index contributed by atoms with van der Waals surface area (Å²) in [5, 5.41) is 14.8. The molecule has 0 radical (unpaired) electrons. The van der Waals surface area contributed by atoms with Crippen molar-refractivity contribution in [2.24, 2.45) is 5.73 Å².